The number of nitrogens with two attached hydrogens (primary N) is 1. The molecule has 1 heterocycles. The van der Waals surface area contributed by atoms with Crippen LogP contribution in [0.15, 0.2) is 35.0 Å². The summed E-state index contributed by atoms with van der Waals surface area (Å²) in [5.41, 5.74) is 7.39. The number of benzene rings is 1. The first-order valence-corrected chi connectivity index (χ1v) is 5.59. The van der Waals surface area contributed by atoms with Crippen molar-refractivity contribution in [3.63, 3.8) is 0 Å². The quantitative estimate of drug-likeness (QED) is 0.888. The van der Waals surface area contributed by atoms with Gasteiger partial charge >= 0.3 is 0 Å². The van der Waals surface area contributed by atoms with E-state index in [2.05, 4.69) is 5.16 Å². The van der Waals surface area contributed by atoms with Crippen LogP contribution in [-0.4, -0.2) is 11.7 Å². The summed E-state index contributed by atoms with van der Waals surface area (Å²) in [5, 5.41) is 4.53. The van der Waals surface area contributed by atoms with Crippen LogP contribution in [0.3, 0.4) is 0 Å². The average Bonchev–Trinajstić information content (AvgIpc) is 2.75. The van der Waals surface area contributed by atoms with Crippen molar-refractivity contribution in [3.05, 3.63) is 41.2 Å². The summed E-state index contributed by atoms with van der Waals surface area (Å²) < 4.78 is 5.21. The Balaban J connectivity index is 2.33. The van der Waals surface area contributed by atoms with Crippen LogP contribution in [-0.2, 0) is 6.42 Å². The molecule has 1 aromatic carbocycles. The molecular weight excluding hydrogens is 224 g/mol. The van der Waals surface area contributed by atoms with E-state index in [0.29, 0.717) is 11.6 Å². The fourth-order valence-corrected chi connectivity index (χ4v) is 1.84. The highest BCUT2D eigenvalue weighted by Gasteiger charge is 2.12. The van der Waals surface area contributed by atoms with Gasteiger partial charge in [-0.15, -0.1) is 0 Å². The average molecular weight is 237 g/mol. The van der Waals surface area contributed by atoms with Gasteiger partial charge in [0, 0.05) is 22.6 Å². The summed E-state index contributed by atoms with van der Waals surface area (Å²) >= 11 is 6.13. The Morgan fingerprint density at radius 3 is 2.81 bits per heavy atom. The molecule has 3 nitrogen and oxygen atoms in total. The second-order valence-electron chi connectivity index (χ2n) is 3.53. The molecule has 0 amide bonds. The molecule has 0 fully saturated rings. The first-order chi connectivity index (χ1) is 7.83. The van der Waals surface area contributed by atoms with Gasteiger partial charge in [-0.1, -0.05) is 35.0 Å². The van der Waals surface area contributed by atoms with Gasteiger partial charge in [-0.2, -0.15) is 0 Å². The summed E-state index contributed by atoms with van der Waals surface area (Å²) in [6, 6.07) is 7.66. The second-order valence-corrected chi connectivity index (χ2v) is 3.94. The molecule has 0 bridgehead atoms. The molecule has 0 saturated carbocycles. The SMILES string of the molecule is NCCCc1oncc1-c1ccccc1Cl. The molecule has 16 heavy (non-hydrogen) atoms. The number of rotatable bonds is 4. The summed E-state index contributed by atoms with van der Waals surface area (Å²) in [6.07, 6.45) is 3.37. The second kappa shape index (κ2) is 5.14. The molecule has 0 aliphatic heterocycles. The lowest BCUT2D eigenvalue weighted by atomic mass is 10.0. The Morgan fingerprint density at radius 1 is 1.25 bits per heavy atom. The van der Waals surface area contributed by atoms with Gasteiger partial charge in [0.05, 0.1) is 6.20 Å². The van der Waals surface area contributed by atoms with E-state index in [1.807, 2.05) is 24.3 Å². The maximum atomic E-state index is 6.13. The van der Waals surface area contributed by atoms with E-state index in [1.54, 1.807) is 6.20 Å². The highest BCUT2D eigenvalue weighted by atomic mass is 35.5. The van der Waals surface area contributed by atoms with Gasteiger partial charge in [0.25, 0.3) is 0 Å². The molecule has 0 unspecified atom stereocenters. The van der Waals surface area contributed by atoms with Gasteiger partial charge in [-0.25, -0.2) is 0 Å². The zero-order valence-corrected chi connectivity index (χ0v) is 9.57. The van der Waals surface area contributed by atoms with Gasteiger partial charge < -0.3 is 10.3 Å². The first kappa shape index (κ1) is 11.2. The number of halogens is 1. The van der Waals surface area contributed by atoms with Crippen molar-refractivity contribution < 1.29 is 4.52 Å². The Hall–Kier alpha value is -1.32. The third-order valence-corrected chi connectivity index (χ3v) is 2.75. The van der Waals surface area contributed by atoms with Crippen molar-refractivity contribution in [3.8, 4) is 11.1 Å². The van der Waals surface area contributed by atoms with Crippen molar-refractivity contribution in [2.24, 2.45) is 5.73 Å². The minimum Gasteiger partial charge on any atom is -0.361 e. The third kappa shape index (κ3) is 2.26. The maximum Gasteiger partial charge on any atom is 0.144 e. The predicted octanol–water partition coefficient (Wildman–Crippen LogP) is 2.89. The Morgan fingerprint density at radius 2 is 2.06 bits per heavy atom. The van der Waals surface area contributed by atoms with E-state index in [4.69, 9.17) is 21.9 Å². The van der Waals surface area contributed by atoms with Crippen molar-refractivity contribution in [2.75, 3.05) is 6.54 Å². The van der Waals surface area contributed by atoms with E-state index in [0.717, 1.165) is 29.7 Å². The highest BCUT2D eigenvalue weighted by molar-refractivity contribution is 6.33. The lowest BCUT2D eigenvalue weighted by molar-refractivity contribution is 0.382. The van der Waals surface area contributed by atoms with Crippen molar-refractivity contribution in [2.45, 2.75) is 12.8 Å². The normalized spacial score (nSPS) is 10.6. The van der Waals surface area contributed by atoms with E-state index in [9.17, 15) is 0 Å². The number of aromatic nitrogens is 1. The predicted molar refractivity (Wildman–Crippen MR) is 64.3 cm³/mol. The van der Waals surface area contributed by atoms with E-state index < -0.39 is 0 Å². The number of aryl methyl sites for hydroxylation is 1. The van der Waals surface area contributed by atoms with Gasteiger partial charge in [-0.05, 0) is 19.0 Å². The van der Waals surface area contributed by atoms with Gasteiger partial charge in [0.1, 0.15) is 5.76 Å². The zero-order chi connectivity index (χ0) is 11.4. The summed E-state index contributed by atoms with van der Waals surface area (Å²) in [6.45, 7) is 0.642. The van der Waals surface area contributed by atoms with Crippen molar-refractivity contribution >= 4 is 11.6 Å². The Labute approximate surface area is 99.2 Å². The summed E-state index contributed by atoms with van der Waals surface area (Å²) in [4.78, 5) is 0. The van der Waals surface area contributed by atoms with Crippen LogP contribution in [0.2, 0.25) is 5.02 Å². The maximum absolute atomic E-state index is 6.13. The molecule has 0 radical (unpaired) electrons. The minimum absolute atomic E-state index is 0.642. The molecule has 0 saturated heterocycles. The van der Waals surface area contributed by atoms with Gasteiger partial charge in [-0.3, -0.25) is 0 Å². The van der Waals surface area contributed by atoms with Gasteiger partial charge in [0.15, 0.2) is 0 Å². The van der Waals surface area contributed by atoms with Crippen LogP contribution in [0.25, 0.3) is 11.1 Å². The zero-order valence-electron chi connectivity index (χ0n) is 8.82. The molecular formula is C12H13ClN2O. The molecule has 0 aliphatic carbocycles. The lowest BCUT2D eigenvalue weighted by Gasteiger charge is -2.02. The van der Waals surface area contributed by atoms with Gasteiger partial charge in [0.2, 0.25) is 0 Å². The van der Waals surface area contributed by atoms with Crippen LogP contribution < -0.4 is 5.73 Å². The largest absolute Gasteiger partial charge is 0.361 e. The van der Waals surface area contributed by atoms with E-state index in [-0.39, 0.29) is 0 Å². The fourth-order valence-electron chi connectivity index (χ4n) is 1.61. The smallest absolute Gasteiger partial charge is 0.144 e. The van der Waals surface area contributed by atoms with E-state index in [1.165, 1.54) is 0 Å². The molecule has 2 N–H and O–H groups in total. The lowest BCUT2D eigenvalue weighted by Crippen LogP contribution is -2.00. The number of hydrogen-bond donors (Lipinski definition) is 1. The molecule has 1 aromatic heterocycles. The molecule has 4 heteroatoms. The molecule has 0 atom stereocenters. The summed E-state index contributed by atoms with van der Waals surface area (Å²) in [5.74, 6) is 0.846. The number of hydrogen-bond acceptors (Lipinski definition) is 3. The molecule has 0 spiro atoms. The summed E-state index contributed by atoms with van der Waals surface area (Å²) in [7, 11) is 0. The number of nitrogens with zero attached hydrogens (tertiary/aromatic N) is 1. The van der Waals surface area contributed by atoms with Crippen LogP contribution >= 0.6 is 11.6 Å². The highest BCUT2D eigenvalue weighted by Crippen LogP contribution is 2.30. The third-order valence-electron chi connectivity index (χ3n) is 2.42. The van der Waals surface area contributed by atoms with Crippen LogP contribution in [0.1, 0.15) is 12.2 Å². The van der Waals surface area contributed by atoms with E-state index >= 15 is 0 Å². The van der Waals surface area contributed by atoms with Crippen LogP contribution in [0.4, 0.5) is 0 Å². The fraction of sp³-hybridized carbons (Fsp3) is 0.250. The van der Waals surface area contributed by atoms with Crippen molar-refractivity contribution in [1.82, 2.24) is 5.16 Å². The minimum atomic E-state index is 0.642. The monoisotopic (exact) mass is 236 g/mol. The standard InChI is InChI=1S/C12H13ClN2O/c13-11-5-2-1-4-9(11)10-8-15-16-12(10)6-3-7-14/h1-2,4-5,8H,3,6-7,14H2. The Kier molecular flexibility index (Phi) is 3.59. The Bertz CT molecular complexity index is 468. The van der Waals surface area contributed by atoms with Crippen LogP contribution in [0, 0.1) is 0 Å². The van der Waals surface area contributed by atoms with Crippen LogP contribution in [0.5, 0.6) is 0 Å². The first-order valence-electron chi connectivity index (χ1n) is 5.21. The molecule has 84 valence electrons. The topological polar surface area (TPSA) is 52.0 Å². The molecule has 2 aromatic rings. The molecule has 2 rings (SSSR count). The van der Waals surface area contributed by atoms with Crippen molar-refractivity contribution in [1.29, 1.82) is 0 Å². The molecule has 0 aliphatic rings.